The number of esters is 1. The molecule has 0 aliphatic carbocycles. The van der Waals surface area contributed by atoms with Crippen LogP contribution in [0.4, 0.5) is 5.69 Å². The van der Waals surface area contributed by atoms with Crippen LogP contribution in [0.25, 0.3) is 5.65 Å². The van der Waals surface area contributed by atoms with Crippen molar-refractivity contribution in [2.75, 3.05) is 5.32 Å². The van der Waals surface area contributed by atoms with E-state index in [0.29, 0.717) is 35.6 Å². The van der Waals surface area contributed by atoms with Crippen molar-refractivity contribution in [2.24, 2.45) is 5.92 Å². The largest absolute Gasteiger partial charge is 0.456 e. The Bertz CT molecular complexity index is 1100. The minimum Gasteiger partial charge on any atom is -0.456 e. The van der Waals surface area contributed by atoms with Crippen molar-refractivity contribution in [1.29, 1.82) is 0 Å². The smallest absolute Gasteiger partial charge is 0.340 e. The van der Waals surface area contributed by atoms with Gasteiger partial charge in [-0.05, 0) is 31.9 Å². The molecule has 3 rings (SSSR count). The summed E-state index contributed by atoms with van der Waals surface area (Å²) in [5.74, 6) is -0.325. The summed E-state index contributed by atoms with van der Waals surface area (Å²) < 4.78 is 11.6. The van der Waals surface area contributed by atoms with Crippen LogP contribution in [-0.4, -0.2) is 21.4 Å². The van der Waals surface area contributed by atoms with Crippen LogP contribution in [-0.2, 0) is 16.1 Å². The third kappa shape index (κ3) is 4.53. The van der Waals surface area contributed by atoms with E-state index in [1.54, 1.807) is 37.3 Å². The van der Waals surface area contributed by atoms with Crippen molar-refractivity contribution >= 4 is 23.2 Å². The van der Waals surface area contributed by atoms with E-state index >= 15 is 0 Å². The van der Waals surface area contributed by atoms with Gasteiger partial charge in [0.15, 0.2) is 5.65 Å². The lowest BCUT2D eigenvalue weighted by molar-refractivity contribution is -0.120. The monoisotopic (exact) mass is 397 g/mol. The van der Waals surface area contributed by atoms with E-state index in [2.05, 4.69) is 10.3 Å². The normalized spacial score (nSPS) is 11.0. The number of nitrogens with one attached hydrogen (secondary N) is 1. The van der Waals surface area contributed by atoms with Gasteiger partial charge in [0.2, 0.25) is 5.91 Å². The second-order valence-corrected chi connectivity index (χ2v) is 6.71. The van der Waals surface area contributed by atoms with Gasteiger partial charge in [-0.15, -0.1) is 4.57 Å². The quantitative estimate of drug-likeness (QED) is 0.614. The Morgan fingerprint density at radius 3 is 2.66 bits per heavy atom. The number of ether oxygens (including phenoxy) is 1. The first kappa shape index (κ1) is 20.3. The van der Waals surface area contributed by atoms with Gasteiger partial charge in [-0.3, -0.25) is 9.59 Å². The molecule has 8 heteroatoms. The zero-order valence-electron chi connectivity index (χ0n) is 16.6. The van der Waals surface area contributed by atoms with Gasteiger partial charge in [-0.1, -0.05) is 26.0 Å². The topological polar surface area (TPSA) is 103 Å². The lowest BCUT2D eigenvalue weighted by Gasteiger charge is -2.15. The van der Waals surface area contributed by atoms with Crippen molar-refractivity contribution in [3.05, 3.63) is 63.8 Å². The highest BCUT2D eigenvalue weighted by Crippen LogP contribution is 2.19. The van der Waals surface area contributed by atoms with Gasteiger partial charge in [0.1, 0.15) is 12.4 Å². The number of para-hydroxylation sites is 1. The van der Waals surface area contributed by atoms with E-state index in [1.165, 1.54) is 6.07 Å². The fraction of sp³-hybridized carbons (Fsp3) is 0.333. The molecule has 2 aromatic heterocycles. The summed E-state index contributed by atoms with van der Waals surface area (Å²) in [5.41, 5.74) is 0.890. The molecule has 0 atom stereocenters. The van der Waals surface area contributed by atoms with Crippen LogP contribution in [0.2, 0.25) is 0 Å². The first-order valence-corrected chi connectivity index (χ1v) is 9.49. The minimum absolute atomic E-state index is 0.124. The number of fused-ring (bicyclic) bond motifs is 1. The van der Waals surface area contributed by atoms with Gasteiger partial charge in [0, 0.05) is 18.1 Å². The van der Waals surface area contributed by atoms with E-state index in [9.17, 15) is 14.4 Å². The van der Waals surface area contributed by atoms with Gasteiger partial charge in [0.25, 0.3) is 5.56 Å². The number of carbonyl (C=O) groups excluding carboxylic acids is 2. The van der Waals surface area contributed by atoms with E-state index in [4.69, 9.17) is 9.26 Å². The Labute approximate surface area is 167 Å². The van der Waals surface area contributed by atoms with E-state index in [-0.39, 0.29) is 24.0 Å². The molecule has 29 heavy (non-hydrogen) atoms. The molecule has 1 N–H and O–H groups in total. The van der Waals surface area contributed by atoms with Crippen LogP contribution in [0.3, 0.4) is 0 Å². The Hall–Kier alpha value is -3.42. The third-order valence-corrected chi connectivity index (χ3v) is 4.64. The number of aryl methyl sites for hydroxylation is 1. The number of hydrogen-bond donors (Lipinski definition) is 1. The maximum absolute atomic E-state index is 12.6. The van der Waals surface area contributed by atoms with Crippen LogP contribution in [0, 0.1) is 12.8 Å². The minimum atomic E-state index is -0.615. The first-order chi connectivity index (χ1) is 13.9. The molecule has 0 radical (unpaired) electrons. The van der Waals surface area contributed by atoms with Gasteiger partial charge in [0.05, 0.1) is 16.9 Å². The highest BCUT2D eigenvalue weighted by Gasteiger charge is 2.19. The number of aromatic nitrogens is 2. The van der Waals surface area contributed by atoms with Crippen LogP contribution in [0.15, 0.2) is 45.7 Å². The molecule has 0 spiro atoms. The number of hydrogen-bond acceptors (Lipinski definition) is 6. The molecule has 0 saturated heterocycles. The SMILES string of the molecule is CCC(CC)C(=O)Nc1ccccc1C(=O)OCc1cc(=O)n2oc(C)cc2n1. The molecule has 152 valence electrons. The molecular formula is C21H23N3O5. The number of anilines is 1. The number of rotatable bonds is 7. The summed E-state index contributed by atoms with van der Waals surface area (Å²) in [5, 5.41) is 2.81. The van der Waals surface area contributed by atoms with Gasteiger partial charge in [-0.25, -0.2) is 9.78 Å². The summed E-state index contributed by atoms with van der Waals surface area (Å²) in [4.78, 5) is 41.3. The number of carbonyl (C=O) groups is 2. The predicted molar refractivity (Wildman–Crippen MR) is 107 cm³/mol. The Morgan fingerprint density at radius 1 is 1.21 bits per heavy atom. The number of nitrogens with zero attached hydrogens (tertiary/aromatic N) is 2. The fourth-order valence-electron chi connectivity index (χ4n) is 3.03. The third-order valence-electron chi connectivity index (χ3n) is 4.64. The molecule has 0 saturated carbocycles. The molecule has 1 amide bonds. The van der Waals surface area contributed by atoms with Crippen LogP contribution >= 0.6 is 0 Å². The van der Waals surface area contributed by atoms with Gasteiger partial charge in [-0.2, -0.15) is 0 Å². The zero-order valence-corrected chi connectivity index (χ0v) is 16.6. The molecular weight excluding hydrogens is 374 g/mol. The molecule has 8 nitrogen and oxygen atoms in total. The average Bonchev–Trinajstić information content (AvgIpc) is 3.08. The molecule has 0 fully saturated rings. The first-order valence-electron chi connectivity index (χ1n) is 9.49. The van der Waals surface area contributed by atoms with Crippen LogP contribution in [0.5, 0.6) is 0 Å². The molecule has 2 heterocycles. The number of benzene rings is 1. The average molecular weight is 397 g/mol. The predicted octanol–water partition coefficient (Wildman–Crippen LogP) is 3.33. The van der Waals surface area contributed by atoms with Gasteiger partial charge < -0.3 is 14.6 Å². The Morgan fingerprint density at radius 2 is 1.93 bits per heavy atom. The molecule has 3 aromatic rings. The van der Waals surface area contributed by atoms with Crippen molar-refractivity contribution in [2.45, 2.75) is 40.2 Å². The second kappa shape index (κ2) is 8.72. The van der Waals surface area contributed by atoms with Crippen LogP contribution < -0.4 is 10.9 Å². The molecule has 1 aromatic carbocycles. The summed E-state index contributed by atoms with van der Waals surface area (Å²) >= 11 is 0. The molecule has 0 aliphatic rings. The summed E-state index contributed by atoms with van der Waals surface area (Å²) in [6, 6.07) is 9.53. The van der Waals surface area contributed by atoms with E-state index in [0.717, 1.165) is 4.57 Å². The van der Waals surface area contributed by atoms with E-state index < -0.39 is 11.5 Å². The Kier molecular flexibility index (Phi) is 6.11. The van der Waals surface area contributed by atoms with Crippen molar-refractivity contribution in [1.82, 2.24) is 9.56 Å². The van der Waals surface area contributed by atoms with Crippen molar-refractivity contribution in [3.8, 4) is 0 Å². The zero-order chi connectivity index (χ0) is 21.0. The van der Waals surface area contributed by atoms with Gasteiger partial charge >= 0.3 is 5.97 Å². The summed E-state index contributed by atoms with van der Waals surface area (Å²) in [6.07, 6.45) is 1.43. The molecule has 0 unspecified atom stereocenters. The Balaban J connectivity index is 1.74. The lowest BCUT2D eigenvalue weighted by Crippen LogP contribution is -2.23. The summed E-state index contributed by atoms with van der Waals surface area (Å²) in [7, 11) is 0. The second-order valence-electron chi connectivity index (χ2n) is 6.71. The fourth-order valence-corrected chi connectivity index (χ4v) is 3.03. The van der Waals surface area contributed by atoms with E-state index in [1.807, 2.05) is 13.8 Å². The van der Waals surface area contributed by atoms with Crippen molar-refractivity contribution in [3.63, 3.8) is 0 Å². The maximum Gasteiger partial charge on any atom is 0.340 e. The molecule has 0 aliphatic heterocycles. The standard InChI is InChI=1S/C21H23N3O5/c1-4-14(5-2)20(26)23-17-9-7-6-8-16(17)21(27)28-12-15-11-19(25)24-18(22-15)10-13(3)29-24/h6-11,14H,4-5,12H2,1-3H3,(H,23,26). The number of amides is 1. The maximum atomic E-state index is 12.6. The highest BCUT2D eigenvalue weighted by molar-refractivity contribution is 6.01. The summed E-state index contributed by atoms with van der Waals surface area (Å²) in [6.45, 7) is 5.42. The van der Waals surface area contributed by atoms with Crippen LogP contribution in [0.1, 0.15) is 48.5 Å². The van der Waals surface area contributed by atoms with Crippen molar-refractivity contribution < 1.29 is 18.8 Å². The molecule has 0 bridgehead atoms. The highest BCUT2D eigenvalue weighted by atomic mass is 16.5. The lowest BCUT2D eigenvalue weighted by atomic mass is 10.0.